The number of carbonyl (C=O) groups is 1. The predicted molar refractivity (Wildman–Crippen MR) is 84.3 cm³/mol. The van der Waals surface area contributed by atoms with Crippen LogP contribution >= 0.6 is 0 Å². The number of ether oxygens (including phenoxy) is 4. The third-order valence-electron chi connectivity index (χ3n) is 2.96. The van der Waals surface area contributed by atoms with Crippen LogP contribution < -0.4 is 9.47 Å². The van der Waals surface area contributed by atoms with Gasteiger partial charge in [0.25, 0.3) is 0 Å². The summed E-state index contributed by atoms with van der Waals surface area (Å²) < 4.78 is 20.7. The minimum absolute atomic E-state index is 0.209. The SMILES string of the molecule is CO/C=C(\C(=O)OC)c1cccnc1Oc1cccc(OC)c1. The monoisotopic (exact) mass is 315 g/mol. The van der Waals surface area contributed by atoms with E-state index in [-0.39, 0.29) is 11.5 Å². The molecule has 6 heteroatoms. The number of pyridine rings is 1. The van der Waals surface area contributed by atoms with Crippen LogP contribution in [0, 0.1) is 0 Å². The van der Waals surface area contributed by atoms with E-state index in [9.17, 15) is 4.79 Å². The molecule has 0 aliphatic rings. The Bertz CT molecular complexity index is 712. The van der Waals surface area contributed by atoms with E-state index in [4.69, 9.17) is 18.9 Å². The van der Waals surface area contributed by atoms with Crippen molar-refractivity contribution in [3.05, 3.63) is 54.4 Å². The Morgan fingerprint density at radius 2 is 1.87 bits per heavy atom. The first-order valence-corrected chi connectivity index (χ1v) is 6.78. The second kappa shape index (κ2) is 7.84. The van der Waals surface area contributed by atoms with Gasteiger partial charge in [-0.15, -0.1) is 0 Å². The number of benzene rings is 1. The molecule has 0 bridgehead atoms. The summed E-state index contributed by atoms with van der Waals surface area (Å²) in [6, 6.07) is 10.5. The van der Waals surface area contributed by atoms with Crippen LogP contribution in [0.2, 0.25) is 0 Å². The van der Waals surface area contributed by atoms with Crippen LogP contribution in [0.5, 0.6) is 17.4 Å². The quantitative estimate of drug-likeness (QED) is 0.464. The Morgan fingerprint density at radius 3 is 2.57 bits per heavy atom. The second-order valence-electron chi connectivity index (χ2n) is 4.40. The Kier molecular flexibility index (Phi) is 5.57. The maximum Gasteiger partial charge on any atom is 0.341 e. The summed E-state index contributed by atoms with van der Waals surface area (Å²) >= 11 is 0. The van der Waals surface area contributed by atoms with Gasteiger partial charge in [-0.3, -0.25) is 0 Å². The summed E-state index contributed by atoms with van der Waals surface area (Å²) in [6.45, 7) is 0. The van der Waals surface area contributed by atoms with Gasteiger partial charge in [0.15, 0.2) is 0 Å². The van der Waals surface area contributed by atoms with Gasteiger partial charge < -0.3 is 18.9 Å². The van der Waals surface area contributed by atoms with Gasteiger partial charge in [-0.1, -0.05) is 6.07 Å². The van der Waals surface area contributed by atoms with Crippen molar-refractivity contribution in [3.63, 3.8) is 0 Å². The second-order valence-corrected chi connectivity index (χ2v) is 4.40. The number of aromatic nitrogens is 1. The van der Waals surface area contributed by atoms with E-state index in [1.54, 1.807) is 49.7 Å². The van der Waals surface area contributed by atoms with Crippen LogP contribution in [0.4, 0.5) is 0 Å². The zero-order valence-corrected chi connectivity index (χ0v) is 13.1. The van der Waals surface area contributed by atoms with Crippen molar-refractivity contribution in [3.8, 4) is 17.4 Å². The minimum Gasteiger partial charge on any atom is -0.503 e. The number of methoxy groups -OCH3 is 3. The van der Waals surface area contributed by atoms with E-state index < -0.39 is 5.97 Å². The predicted octanol–water partition coefficient (Wildman–Crippen LogP) is 3.04. The molecular formula is C17H17NO5. The smallest absolute Gasteiger partial charge is 0.341 e. The number of carbonyl (C=O) groups excluding carboxylic acids is 1. The molecule has 0 N–H and O–H groups in total. The molecule has 0 amide bonds. The number of hydrogen-bond donors (Lipinski definition) is 0. The zero-order valence-electron chi connectivity index (χ0n) is 13.1. The molecule has 2 aromatic rings. The highest BCUT2D eigenvalue weighted by Gasteiger charge is 2.19. The van der Waals surface area contributed by atoms with Crippen molar-refractivity contribution >= 4 is 11.5 Å². The highest BCUT2D eigenvalue weighted by molar-refractivity contribution is 6.16. The Labute approximate surface area is 134 Å². The molecule has 0 aliphatic carbocycles. The van der Waals surface area contributed by atoms with E-state index in [0.717, 1.165) is 0 Å². The molecule has 0 radical (unpaired) electrons. The molecule has 0 spiro atoms. The van der Waals surface area contributed by atoms with Crippen molar-refractivity contribution in [2.24, 2.45) is 0 Å². The fourth-order valence-corrected chi connectivity index (χ4v) is 1.90. The van der Waals surface area contributed by atoms with Crippen LogP contribution in [0.15, 0.2) is 48.9 Å². The van der Waals surface area contributed by atoms with Crippen LogP contribution in [0.25, 0.3) is 5.57 Å². The Hall–Kier alpha value is -3.02. The molecule has 0 saturated heterocycles. The molecular weight excluding hydrogens is 298 g/mol. The van der Waals surface area contributed by atoms with Gasteiger partial charge in [0.2, 0.25) is 5.88 Å². The maximum atomic E-state index is 11.9. The summed E-state index contributed by atoms with van der Waals surface area (Å²) in [6.07, 6.45) is 2.86. The van der Waals surface area contributed by atoms with E-state index in [2.05, 4.69) is 4.98 Å². The Balaban J connectivity index is 2.40. The molecule has 6 nitrogen and oxygen atoms in total. The topological polar surface area (TPSA) is 66.9 Å². The molecule has 120 valence electrons. The van der Waals surface area contributed by atoms with E-state index in [1.165, 1.54) is 20.5 Å². The largest absolute Gasteiger partial charge is 0.503 e. The van der Waals surface area contributed by atoms with Crippen molar-refractivity contribution in [1.82, 2.24) is 4.98 Å². The van der Waals surface area contributed by atoms with Gasteiger partial charge in [0.05, 0.1) is 33.2 Å². The van der Waals surface area contributed by atoms with Gasteiger partial charge in [0.1, 0.15) is 17.1 Å². The summed E-state index contributed by atoms with van der Waals surface area (Å²) in [7, 11) is 4.31. The molecule has 0 saturated carbocycles. The molecule has 2 rings (SSSR count). The third-order valence-corrected chi connectivity index (χ3v) is 2.96. The highest BCUT2D eigenvalue weighted by atomic mass is 16.5. The van der Waals surface area contributed by atoms with Crippen LogP contribution in [-0.4, -0.2) is 32.3 Å². The first-order valence-electron chi connectivity index (χ1n) is 6.78. The lowest BCUT2D eigenvalue weighted by Gasteiger charge is -2.12. The lowest BCUT2D eigenvalue weighted by Crippen LogP contribution is -2.06. The van der Waals surface area contributed by atoms with Crippen molar-refractivity contribution < 1.29 is 23.7 Å². The molecule has 1 aromatic carbocycles. The zero-order chi connectivity index (χ0) is 16.7. The van der Waals surface area contributed by atoms with Crippen molar-refractivity contribution in [2.75, 3.05) is 21.3 Å². The summed E-state index contributed by atoms with van der Waals surface area (Å²) in [5.41, 5.74) is 0.671. The third kappa shape index (κ3) is 4.00. The van der Waals surface area contributed by atoms with Crippen LogP contribution in [0.3, 0.4) is 0 Å². The number of nitrogens with zero attached hydrogens (tertiary/aromatic N) is 1. The fraction of sp³-hybridized carbons (Fsp3) is 0.176. The molecule has 0 fully saturated rings. The molecule has 1 heterocycles. The first-order chi connectivity index (χ1) is 11.2. The van der Waals surface area contributed by atoms with E-state index in [1.807, 2.05) is 0 Å². The van der Waals surface area contributed by atoms with Gasteiger partial charge >= 0.3 is 5.97 Å². The van der Waals surface area contributed by atoms with Crippen molar-refractivity contribution in [2.45, 2.75) is 0 Å². The Morgan fingerprint density at radius 1 is 1.09 bits per heavy atom. The molecule has 23 heavy (non-hydrogen) atoms. The summed E-state index contributed by atoms with van der Waals surface area (Å²) in [4.78, 5) is 16.1. The standard InChI is InChI=1S/C17H17NO5/c1-20-11-15(17(19)22-3)14-8-5-9-18-16(14)23-13-7-4-6-12(10-13)21-2/h4-11H,1-3H3/b15-11-. The minimum atomic E-state index is -0.546. The summed E-state index contributed by atoms with van der Waals surface area (Å²) in [5.74, 6) is 0.899. The molecule has 0 atom stereocenters. The average Bonchev–Trinajstić information content (AvgIpc) is 2.60. The van der Waals surface area contributed by atoms with Crippen LogP contribution in [-0.2, 0) is 14.3 Å². The fourth-order valence-electron chi connectivity index (χ4n) is 1.90. The lowest BCUT2D eigenvalue weighted by molar-refractivity contribution is -0.133. The number of esters is 1. The normalized spacial score (nSPS) is 10.8. The lowest BCUT2D eigenvalue weighted by atomic mass is 10.1. The molecule has 1 aromatic heterocycles. The van der Waals surface area contributed by atoms with Gasteiger partial charge in [-0.25, -0.2) is 9.78 Å². The molecule has 0 unspecified atom stereocenters. The van der Waals surface area contributed by atoms with Crippen molar-refractivity contribution in [1.29, 1.82) is 0 Å². The summed E-state index contributed by atoms with van der Waals surface area (Å²) in [5, 5.41) is 0. The average molecular weight is 315 g/mol. The molecule has 0 aliphatic heterocycles. The highest BCUT2D eigenvalue weighted by Crippen LogP contribution is 2.30. The van der Waals surface area contributed by atoms with Gasteiger partial charge in [-0.05, 0) is 24.3 Å². The maximum absolute atomic E-state index is 11.9. The van der Waals surface area contributed by atoms with Gasteiger partial charge in [-0.2, -0.15) is 0 Å². The van der Waals surface area contributed by atoms with E-state index >= 15 is 0 Å². The van der Waals surface area contributed by atoms with Gasteiger partial charge in [0, 0.05) is 12.3 Å². The first kappa shape index (κ1) is 16.4. The van der Waals surface area contributed by atoms with Crippen LogP contribution in [0.1, 0.15) is 5.56 Å². The van der Waals surface area contributed by atoms with E-state index in [0.29, 0.717) is 17.1 Å². The number of rotatable bonds is 6. The number of hydrogen-bond acceptors (Lipinski definition) is 6.